The van der Waals surface area contributed by atoms with Crippen molar-refractivity contribution in [2.24, 2.45) is 11.8 Å². The Balaban J connectivity index is 0.000000280. The number of hydrogen-bond donors (Lipinski definition) is 0. The van der Waals surface area contributed by atoms with Gasteiger partial charge in [0.2, 0.25) is 0 Å². The van der Waals surface area contributed by atoms with E-state index in [-0.39, 0.29) is 23.1 Å². The van der Waals surface area contributed by atoms with Crippen LogP contribution in [0.3, 0.4) is 0 Å². The number of ether oxygens (including phenoxy) is 4. The molecule has 28 heavy (non-hydrogen) atoms. The molecule has 0 fully saturated rings. The molecule has 2 rings (SSSR count). The minimum Gasteiger partial charge on any atom is -0.469 e. The van der Waals surface area contributed by atoms with Gasteiger partial charge >= 0.3 is 23.9 Å². The molecule has 1 aromatic carbocycles. The van der Waals surface area contributed by atoms with Crippen LogP contribution in [0, 0.1) is 11.8 Å². The summed E-state index contributed by atoms with van der Waals surface area (Å²) < 4.78 is 18.3. The Morgan fingerprint density at radius 3 is 1.71 bits per heavy atom. The molecule has 0 spiro atoms. The number of allylic oxidation sites excluding steroid dienone is 1. The van der Waals surface area contributed by atoms with Crippen LogP contribution in [0.2, 0.25) is 0 Å². The van der Waals surface area contributed by atoms with Crippen molar-refractivity contribution >= 4 is 23.9 Å². The fourth-order valence-electron chi connectivity index (χ4n) is 2.69. The second kappa shape index (κ2) is 11.5. The normalized spacial score (nSPS) is 17.4. The number of carbonyl (C=O) groups excluding carboxylic acids is 4. The summed E-state index contributed by atoms with van der Waals surface area (Å²) in [6.45, 7) is 0. The molecule has 0 saturated heterocycles. The van der Waals surface area contributed by atoms with Crippen molar-refractivity contribution in [3.8, 4) is 0 Å². The van der Waals surface area contributed by atoms with Crippen LogP contribution in [-0.4, -0.2) is 52.3 Å². The van der Waals surface area contributed by atoms with Gasteiger partial charge in [-0.25, -0.2) is 9.59 Å². The van der Waals surface area contributed by atoms with Crippen LogP contribution in [0.15, 0.2) is 36.4 Å². The largest absolute Gasteiger partial charge is 0.469 e. The molecule has 0 aromatic heterocycles. The molecule has 0 bridgehead atoms. The summed E-state index contributed by atoms with van der Waals surface area (Å²) in [6.07, 6.45) is 5.05. The maximum Gasteiger partial charge on any atom is 0.338 e. The van der Waals surface area contributed by atoms with Gasteiger partial charge in [-0.2, -0.15) is 0 Å². The molecule has 0 radical (unpaired) electrons. The third-order valence-corrected chi connectivity index (χ3v) is 4.14. The maximum absolute atomic E-state index is 11.3. The highest BCUT2D eigenvalue weighted by atomic mass is 16.5. The molecule has 8 nitrogen and oxygen atoms in total. The molecule has 0 saturated carbocycles. The summed E-state index contributed by atoms with van der Waals surface area (Å²) in [5.41, 5.74) is 0.420. The fraction of sp³-hybridized carbons (Fsp3) is 0.400. The average molecular weight is 392 g/mol. The Kier molecular flexibility index (Phi) is 9.42. The van der Waals surface area contributed by atoms with Gasteiger partial charge < -0.3 is 18.9 Å². The van der Waals surface area contributed by atoms with Crippen molar-refractivity contribution in [2.75, 3.05) is 28.4 Å². The molecular weight excluding hydrogens is 368 g/mol. The van der Waals surface area contributed by atoms with E-state index in [1.807, 2.05) is 6.08 Å². The standard InChI is InChI=1S/C10H14O4.C10H10O4/c2*1-13-9(11)7-5-3-4-6-8(7)10(12)14-2/h3,5,7-8H,4,6H2,1-2H3;3-6H,1-2H3. The van der Waals surface area contributed by atoms with Gasteiger partial charge in [0, 0.05) is 0 Å². The molecule has 2 unspecified atom stereocenters. The van der Waals surface area contributed by atoms with E-state index in [1.165, 1.54) is 40.6 Å². The van der Waals surface area contributed by atoms with Gasteiger partial charge in [-0.3, -0.25) is 9.59 Å². The van der Waals surface area contributed by atoms with Crippen molar-refractivity contribution in [3.63, 3.8) is 0 Å². The van der Waals surface area contributed by atoms with Gasteiger partial charge in [-0.1, -0.05) is 24.3 Å². The fourth-order valence-corrected chi connectivity index (χ4v) is 2.69. The number of hydrogen-bond acceptors (Lipinski definition) is 8. The highest BCUT2D eigenvalue weighted by molar-refractivity contribution is 6.03. The summed E-state index contributed by atoms with van der Waals surface area (Å²) in [5, 5.41) is 0. The van der Waals surface area contributed by atoms with E-state index in [0.29, 0.717) is 6.42 Å². The maximum atomic E-state index is 11.3. The van der Waals surface area contributed by atoms with E-state index in [1.54, 1.807) is 18.2 Å². The molecule has 1 aliphatic carbocycles. The van der Waals surface area contributed by atoms with Crippen LogP contribution >= 0.6 is 0 Å². The van der Waals surface area contributed by atoms with Crippen LogP contribution in [0.1, 0.15) is 33.6 Å². The Morgan fingerprint density at radius 2 is 1.29 bits per heavy atom. The highest BCUT2D eigenvalue weighted by Gasteiger charge is 2.34. The van der Waals surface area contributed by atoms with Crippen LogP contribution in [0.25, 0.3) is 0 Å². The Bertz CT molecular complexity index is 702. The second-order valence-electron chi connectivity index (χ2n) is 5.71. The first-order valence-electron chi connectivity index (χ1n) is 8.49. The SMILES string of the molecule is COC(=O)C1C=CCCC1C(=O)OC.COC(=O)c1ccccc1C(=O)OC. The minimum absolute atomic E-state index is 0.210. The number of rotatable bonds is 4. The van der Waals surface area contributed by atoms with Crippen molar-refractivity contribution in [1.29, 1.82) is 0 Å². The lowest BCUT2D eigenvalue weighted by Crippen LogP contribution is -2.31. The van der Waals surface area contributed by atoms with Gasteiger partial charge in [0.05, 0.1) is 51.4 Å². The average Bonchev–Trinajstić information content (AvgIpc) is 2.77. The van der Waals surface area contributed by atoms with Gasteiger partial charge in [0.1, 0.15) is 0 Å². The molecule has 0 N–H and O–H groups in total. The number of benzene rings is 1. The zero-order valence-electron chi connectivity index (χ0n) is 16.3. The predicted octanol–water partition coefficient (Wildman–Crippen LogP) is 2.17. The van der Waals surface area contributed by atoms with Crippen LogP contribution in [-0.2, 0) is 28.5 Å². The van der Waals surface area contributed by atoms with E-state index in [0.717, 1.165) is 6.42 Å². The molecule has 1 aliphatic rings. The topological polar surface area (TPSA) is 105 Å². The Morgan fingerprint density at radius 1 is 0.786 bits per heavy atom. The number of carbonyl (C=O) groups is 4. The summed E-state index contributed by atoms with van der Waals surface area (Å²) in [4.78, 5) is 45.1. The Hall–Kier alpha value is -3.16. The number of methoxy groups -OCH3 is 4. The summed E-state index contributed by atoms with van der Waals surface area (Å²) >= 11 is 0. The van der Waals surface area contributed by atoms with Gasteiger partial charge in [-0.15, -0.1) is 0 Å². The summed E-state index contributed by atoms with van der Waals surface area (Å²) in [6, 6.07) is 6.33. The monoisotopic (exact) mass is 392 g/mol. The second-order valence-corrected chi connectivity index (χ2v) is 5.71. The predicted molar refractivity (Wildman–Crippen MR) is 98.5 cm³/mol. The quantitative estimate of drug-likeness (QED) is 0.436. The lowest BCUT2D eigenvalue weighted by Gasteiger charge is -2.22. The molecular formula is C20H24O8. The van der Waals surface area contributed by atoms with Crippen molar-refractivity contribution < 1.29 is 38.1 Å². The molecule has 8 heteroatoms. The van der Waals surface area contributed by atoms with E-state index < -0.39 is 23.8 Å². The van der Waals surface area contributed by atoms with Crippen LogP contribution < -0.4 is 0 Å². The van der Waals surface area contributed by atoms with Crippen LogP contribution in [0.4, 0.5) is 0 Å². The zero-order valence-corrected chi connectivity index (χ0v) is 16.3. The molecule has 152 valence electrons. The first-order valence-corrected chi connectivity index (χ1v) is 8.49. The zero-order chi connectivity index (χ0) is 21.1. The van der Waals surface area contributed by atoms with E-state index in [2.05, 4.69) is 18.9 Å². The van der Waals surface area contributed by atoms with E-state index in [4.69, 9.17) is 0 Å². The van der Waals surface area contributed by atoms with Crippen molar-refractivity contribution in [3.05, 3.63) is 47.5 Å². The molecule has 0 aliphatic heterocycles. The van der Waals surface area contributed by atoms with Gasteiger partial charge in [-0.05, 0) is 25.0 Å². The molecule has 1 aromatic rings. The van der Waals surface area contributed by atoms with Crippen LogP contribution in [0.5, 0.6) is 0 Å². The minimum atomic E-state index is -0.550. The third-order valence-electron chi connectivity index (χ3n) is 4.14. The Labute approximate surface area is 163 Å². The lowest BCUT2D eigenvalue weighted by molar-refractivity contribution is -0.156. The summed E-state index contributed by atoms with van der Waals surface area (Å²) in [7, 11) is 5.17. The number of esters is 4. The van der Waals surface area contributed by atoms with Gasteiger partial charge in [0.25, 0.3) is 0 Å². The van der Waals surface area contributed by atoms with Gasteiger partial charge in [0.15, 0.2) is 0 Å². The van der Waals surface area contributed by atoms with Crippen molar-refractivity contribution in [1.82, 2.24) is 0 Å². The molecule has 2 atom stereocenters. The third kappa shape index (κ3) is 5.94. The smallest absolute Gasteiger partial charge is 0.338 e. The first-order chi connectivity index (χ1) is 13.4. The van der Waals surface area contributed by atoms with E-state index in [9.17, 15) is 19.2 Å². The molecule has 0 heterocycles. The highest BCUT2D eigenvalue weighted by Crippen LogP contribution is 2.26. The lowest BCUT2D eigenvalue weighted by atomic mass is 9.84. The van der Waals surface area contributed by atoms with E-state index >= 15 is 0 Å². The summed E-state index contributed by atoms with van der Waals surface area (Å²) in [5.74, 6) is -2.70. The molecule has 0 amide bonds. The van der Waals surface area contributed by atoms with Crippen molar-refractivity contribution in [2.45, 2.75) is 12.8 Å². The first kappa shape index (κ1) is 22.9.